The van der Waals surface area contributed by atoms with Gasteiger partial charge in [0.1, 0.15) is 0 Å². The van der Waals surface area contributed by atoms with E-state index in [4.69, 9.17) is 4.42 Å². The van der Waals surface area contributed by atoms with Crippen molar-refractivity contribution in [1.82, 2.24) is 0 Å². The summed E-state index contributed by atoms with van der Waals surface area (Å²) in [5.74, 6) is 0.790. The number of furan rings is 1. The van der Waals surface area contributed by atoms with Crippen LogP contribution in [0.5, 0.6) is 0 Å². The average Bonchev–Trinajstić information content (AvgIpc) is 3.24. The van der Waals surface area contributed by atoms with Gasteiger partial charge in [-0.15, -0.1) is 0 Å². The summed E-state index contributed by atoms with van der Waals surface area (Å²) in [5, 5.41) is 7.18. The molecule has 27 heavy (non-hydrogen) atoms. The van der Waals surface area contributed by atoms with Gasteiger partial charge in [0.05, 0.1) is 6.26 Å². The maximum Gasteiger partial charge on any atom is 0.279 e. The van der Waals surface area contributed by atoms with Crippen LogP contribution in [0, 0.1) is 0 Å². The quantitative estimate of drug-likeness (QED) is 0.552. The van der Waals surface area contributed by atoms with Crippen LogP contribution in [-0.2, 0) is 4.79 Å². The lowest BCUT2D eigenvalue weighted by Crippen LogP contribution is -2.87. The second-order valence-corrected chi connectivity index (χ2v) is 6.42. The van der Waals surface area contributed by atoms with Gasteiger partial charge in [-0.25, -0.2) is 0 Å². The molecule has 1 amide bonds. The number of carbonyl (C=O) groups excluding carboxylic acids is 1. The fourth-order valence-electron chi connectivity index (χ4n) is 3.31. The third-order valence-electron chi connectivity index (χ3n) is 4.61. The summed E-state index contributed by atoms with van der Waals surface area (Å²) < 4.78 is 5.60. The van der Waals surface area contributed by atoms with Gasteiger partial charge in [-0.05, 0) is 23.6 Å². The van der Waals surface area contributed by atoms with Crippen molar-refractivity contribution in [2.75, 3.05) is 11.9 Å². The molecule has 0 unspecified atom stereocenters. The predicted octanol–water partition coefficient (Wildman–Crippen LogP) is 3.72. The molecule has 1 heterocycles. The van der Waals surface area contributed by atoms with E-state index in [9.17, 15) is 4.79 Å². The number of nitrogens with one attached hydrogen (secondary N) is 1. The number of amides is 1. The largest absolute Gasteiger partial charge is 0.463 e. The van der Waals surface area contributed by atoms with Gasteiger partial charge in [0.15, 0.2) is 18.3 Å². The third-order valence-corrected chi connectivity index (χ3v) is 4.61. The maximum absolute atomic E-state index is 12.6. The van der Waals surface area contributed by atoms with Crippen LogP contribution in [0.15, 0.2) is 95.6 Å². The van der Waals surface area contributed by atoms with Crippen molar-refractivity contribution in [2.24, 2.45) is 0 Å². The molecular formula is C23H21N2O2+. The molecule has 0 aliphatic heterocycles. The summed E-state index contributed by atoms with van der Waals surface area (Å²) in [5.41, 5.74) is 1.94. The number of benzene rings is 3. The summed E-state index contributed by atoms with van der Waals surface area (Å²) >= 11 is 0. The van der Waals surface area contributed by atoms with Crippen LogP contribution in [0.1, 0.15) is 17.4 Å². The van der Waals surface area contributed by atoms with Gasteiger partial charge in [-0.3, -0.25) is 4.79 Å². The lowest BCUT2D eigenvalue weighted by molar-refractivity contribution is -0.678. The third kappa shape index (κ3) is 3.91. The molecule has 134 valence electrons. The molecule has 3 aromatic carbocycles. The Balaban J connectivity index is 1.48. The minimum atomic E-state index is -0.0560. The smallest absolute Gasteiger partial charge is 0.279 e. The first-order valence-electron chi connectivity index (χ1n) is 9.00. The molecule has 0 saturated heterocycles. The topological polar surface area (TPSA) is 58.9 Å². The highest BCUT2D eigenvalue weighted by molar-refractivity contribution is 6.02. The minimum absolute atomic E-state index is 0.0427. The average molecular weight is 357 g/mol. The summed E-state index contributed by atoms with van der Waals surface area (Å²) in [6, 6.07) is 27.8. The van der Waals surface area contributed by atoms with E-state index in [1.54, 1.807) is 6.26 Å². The van der Waals surface area contributed by atoms with Crippen molar-refractivity contribution in [3.8, 4) is 0 Å². The second-order valence-electron chi connectivity index (χ2n) is 6.42. The van der Waals surface area contributed by atoms with E-state index >= 15 is 0 Å². The van der Waals surface area contributed by atoms with Crippen LogP contribution in [0.25, 0.3) is 10.8 Å². The van der Waals surface area contributed by atoms with Gasteiger partial charge in [0, 0.05) is 16.6 Å². The summed E-state index contributed by atoms with van der Waals surface area (Å²) in [7, 11) is 0. The van der Waals surface area contributed by atoms with Gasteiger partial charge in [0.25, 0.3) is 5.91 Å². The molecule has 4 nitrogen and oxygen atoms in total. The number of anilines is 1. The highest BCUT2D eigenvalue weighted by Crippen LogP contribution is 2.23. The first-order chi connectivity index (χ1) is 13.3. The molecule has 0 aliphatic rings. The Bertz CT molecular complexity index is 1020. The molecule has 0 aliphatic carbocycles. The van der Waals surface area contributed by atoms with E-state index in [1.165, 1.54) is 0 Å². The monoisotopic (exact) mass is 357 g/mol. The second kappa shape index (κ2) is 7.89. The lowest BCUT2D eigenvalue weighted by Gasteiger charge is -2.14. The molecule has 0 bridgehead atoms. The molecule has 4 aromatic rings. The van der Waals surface area contributed by atoms with E-state index in [2.05, 4.69) is 5.32 Å². The summed E-state index contributed by atoms with van der Waals surface area (Å²) in [4.78, 5) is 12.6. The van der Waals surface area contributed by atoms with Crippen LogP contribution >= 0.6 is 0 Å². The molecule has 0 saturated carbocycles. The van der Waals surface area contributed by atoms with Crippen molar-refractivity contribution < 1.29 is 14.5 Å². The first kappa shape index (κ1) is 17.1. The van der Waals surface area contributed by atoms with Crippen LogP contribution < -0.4 is 10.6 Å². The zero-order valence-electron chi connectivity index (χ0n) is 14.8. The van der Waals surface area contributed by atoms with Crippen LogP contribution in [0.2, 0.25) is 0 Å². The summed E-state index contributed by atoms with van der Waals surface area (Å²) in [6.45, 7) is 0.295. The zero-order chi connectivity index (χ0) is 18.5. The minimum Gasteiger partial charge on any atom is -0.463 e. The van der Waals surface area contributed by atoms with Crippen molar-refractivity contribution >= 4 is 22.4 Å². The lowest BCUT2D eigenvalue weighted by atomic mass is 10.0. The van der Waals surface area contributed by atoms with Crippen molar-refractivity contribution in [3.63, 3.8) is 0 Å². The Morgan fingerprint density at radius 2 is 1.67 bits per heavy atom. The zero-order valence-corrected chi connectivity index (χ0v) is 14.8. The first-order valence-corrected chi connectivity index (χ1v) is 9.00. The van der Waals surface area contributed by atoms with Crippen LogP contribution in [-0.4, -0.2) is 12.5 Å². The van der Waals surface area contributed by atoms with Crippen molar-refractivity contribution in [2.45, 2.75) is 6.04 Å². The van der Waals surface area contributed by atoms with Gasteiger partial charge in [0.2, 0.25) is 0 Å². The van der Waals surface area contributed by atoms with E-state index in [1.807, 2.05) is 90.2 Å². The molecule has 0 fully saturated rings. The fourth-order valence-corrected chi connectivity index (χ4v) is 3.31. The van der Waals surface area contributed by atoms with E-state index < -0.39 is 0 Å². The Kier molecular flexibility index (Phi) is 4.99. The molecule has 0 radical (unpaired) electrons. The molecule has 1 atom stereocenters. The fraction of sp³-hybridized carbons (Fsp3) is 0.0870. The van der Waals surface area contributed by atoms with Crippen molar-refractivity contribution in [1.29, 1.82) is 0 Å². The Morgan fingerprint density at radius 3 is 2.48 bits per heavy atom. The molecule has 1 aromatic heterocycles. The van der Waals surface area contributed by atoms with E-state index in [-0.39, 0.29) is 11.9 Å². The molecule has 3 N–H and O–H groups in total. The van der Waals surface area contributed by atoms with E-state index in [0.717, 1.165) is 27.8 Å². The van der Waals surface area contributed by atoms with Crippen LogP contribution in [0.4, 0.5) is 5.69 Å². The molecule has 4 rings (SSSR count). The number of hydrogen-bond acceptors (Lipinski definition) is 2. The maximum atomic E-state index is 12.6. The van der Waals surface area contributed by atoms with Gasteiger partial charge in [-0.1, -0.05) is 66.7 Å². The predicted molar refractivity (Wildman–Crippen MR) is 106 cm³/mol. The highest BCUT2D eigenvalue weighted by Gasteiger charge is 2.21. The Labute approximate surface area is 157 Å². The Hall–Kier alpha value is -3.37. The number of rotatable bonds is 6. The number of carbonyl (C=O) groups is 1. The molecule has 4 heteroatoms. The normalized spacial score (nSPS) is 12.0. The number of hydrogen-bond donors (Lipinski definition) is 2. The number of quaternary nitrogens is 1. The van der Waals surface area contributed by atoms with Crippen molar-refractivity contribution in [3.05, 3.63) is 103 Å². The van der Waals surface area contributed by atoms with Gasteiger partial charge >= 0.3 is 0 Å². The molecular weight excluding hydrogens is 336 g/mol. The SMILES string of the molecule is O=C(C[NH2+][C@H](c1ccccc1)c1ccco1)Nc1cccc2ccccc12. The van der Waals surface area contributed by atoms with Gasteiger partial charge in [-0.2, -0.15) is 0 Å². The van der Waals surface area contributed by atoms with E-state index in [0.29, 0.717) is 6.54 Å². The number of nitrogens with two attached hydrogens (primary N) is 1. The number of fused-ring (bicyclic) bond motifs is 1. The standard InChI is InChI=1S/C23H20N2O2/c26-22(25-20-13-6-11-17-8-4-5-12-19(17)20)16-24-23(21-14-7-15-27-21)18-9-2-1-3-10-18/h1-15,23-24H,16H2,(H,25,26)/p+1/t23-/m1/s1. The van der Waals surface area contributed by atoms with Gasteiger partial charge < -0.3 is 15.1 Å². The van der Waals surface area contributed by atoms with Crippen LogP contribution in [0.3, 0.4) is 0 Å². The summed E-state index contributed by atoms with van der Waals surface area (Å²) in [6.07, 6.45) is 1.66. The molecule has 0 spiro atoms. The highest BCUT2D eigenvalue weighted by atomic mass is 16.3. The Morgan fingerprint density at radius 1 is 0.889 bits per heavy atom.